The second-order valence-corrected chi connectivity index (χ2v) is 11.2. The van der Waals surface area contributed by atoms with Crippen LogP contribution in [-0.2, 0) is 19.3 Å². The molecule has 1 aliphatic carbocycles. The molecule has 0 saturated carbocycles. The van der Waals surface area contributed by atoms with Gasteiger partial charge >= 0.3 is 0 Å². The molecule has 0 fully saturated rings. The van der Waals surface area contributed by atoms with Crippen LogP contribution in [0.2, 0.25) is 0 Å². The summed E-state index contributed by atoms with van der Waals surface area (Å²) in [6, 6.07) is 0. The van der Waals surface area contributed by atoms with Crippen molar-refractivity contribution < 1.29 is 4.42 Å². The Morgan fingerprint density at radius 3 is 3.03 bits per heavy atom. The quantitative estimate of drug-likeness (QED) is 0.432. The van der Waals surface area contributed by atoms with Gasteiger partial charge in [0.2, 0.25) is 5.89 Å². The van der Waals surface area contributed by atoms with Crippen LogP contribution >= 0.6 is 34.4 Å². The topological polar surface area (TPSA) is 97.6 Å². The lowest BCUT2D eigenvalue weighted by Gasteiger charge is -2.17. The molecule has 30 heavy (non-hydrogen) atoms. The molecule has 0 bridgehead atoms. The van der Waals surface area contributed by atoms with Crippen LogP contribution in [0.25, 0.3) is 10.2 Å². The fourth-order valence-electron chi connectivity index (χ4n) is 3.77. The highest BCUT2D eigenvalue weighted by atomic mass is 32.2. The normalized spacial score (nSPS) is 17.4. The average Bonchev–Trinajstić information content (AvgIpc) is 3.40. The van der Waals surface area contributed by atoms with Gasteiger partial charge in [0.05, 0.1) is 27.8 Å². The summed E-state index contributed by atoms with van der Waals surface area (Å²) >= 11 is 4.67. The van der Waals surface area contributed by atoms with Crippen LogP contribution in [0, 0.1) is 12.8 Å². The lowest BCUT2D eigenvalue weighted by molar-refractivity contribution is 0.418. The molecule has 7 nitrogen and oxygen atoms in total. The SMILES string of the molecule is Cc1nc(Cc2nnc(SC(C)c3nc4sc5c(c4c(=O)[nH]3)CCC(C)C5)o2)cs1. The molecular weight excluding hydrogens is 438 g/mol. The van der Waals surface area contributed by atoms with Crippen LogP contribution in [0.5, 0.6) is 0 Å². The van der Waals surface area contributed by atoms with E-state index in [4.69, 9.17) is 9.40 Å². The molecule has 4 aromatic rings. The first kappa shape index (κ1) is 19.9. The zero-order chi connectivity index (χ0) is 20.8. The standard InChI is InChI=1S/C20H21N5O2S3/c1-9-4-5-13-14(6-9)30-19-16(13)18(26)22-17(23-19)10(2)29-20-25-24-15(27-20)7-12-8-28-11(3)21-12/h8-10H,4-7H2,1-3H3,(H,22,23,26). The van der Waals surface area contributed by atoms with Gasteiger partial charge in [0.1, 0.15) is 10.7 Å². The molecule has 0 amide bonds. The summed E-state index contributed by atoms with van der Waals surface area (Å²) < 4.78 is 5.77. The Bertz CT molecular complexity index is 1270. The maximum absolute atomic E-state index is 12.8. The Hall–Kier alpha value is -2.04. The first-order chi connectivity index (χ1) is 14.5. The first-order valence-electron chi connectivity index (χ1n) is 9.90. The molecule has 2 unspecified atom stereocenters. The minimum Gasteiger partial charge on any atom is -0.416 e. The maximum atomic E-state index is 12.8. The Labute approximate surface area is 185 Å². The maximum Gasteiger partial charge on any atom is 0.277 e. The Balaban J connectivity index is 1.36. The number of thiophene rings is 1. The number of nitrogens with zero attached hydrogens (tertiary/aromatic N) is 4. The molecule has 4 heterocycles. The molecule has 2 atom stereocenters. The largest absolute Gasteiger partial charge is 0.416 e. The van der Waals surface area contributed by atoms with E-state index >= 15 is 0 Å². The van der Waals surface area contributed by atoms with Crippen molar-refractivity contribution in [3.05, 3.63) is 48.6 Å². The minimum atomic E-state index is -0.116. The Morgan fingerprint density at radius 2 is 2.23 bits per heavy atom. The van der Waals surface area contributed by atoms with Crippen molar-refractivity contribution in [1.82, 2.24) is 25.1 Å². The molecule has 0 aromatic carbocycles. The minimum absolute atomic E-state index is 0.0420. The average molecular weight is 460 g/mol. The molecule has 5 rings (SSSR count). The van der Waals surface area contributed by atoms with Crippen LogP contribution in [0.3, 0.4) is 0 Å². The van der Waals surface area contributed by atoms with Gasteiger partial charge < -0.3 is 9.40 Å². The molecule has 0 spiro atoms. The van der Waals surface area contributed by atoms with E-state index in [1.54, 1.807) is 22.7 Å². The highest BCUT2D eigenvalue weighted by Crippen LogP contribution is 2.37. The van der Waals surface area contributed by atoms with Crippen molar-refractivity contribution >= 4 is 44.7 Å². The summed E-state index contributed by atoms with van der Waals surface area (Å²) in [5.74, 6) is 1.84. The molecule has 0 aliphatic heterocycles. The van der Waals surface area contributed by atoms with E-state index in [1.165, 1.54) is 22.2 Å². The van der Waals surface area contributed by atoms with E-state index < -0.39 is 0 Å². The van der Waals surface area contributed by atoms with Gasteiger partial charge in [-0.3, -0.25) is 4.79 Å². The van der Waals surface area contributed by atoms with Gasteiger partial charge in [0, 0.05) is 10.3 Å². The second-order valence-electron chi connectivity index (χ2n) is 7.74. The summed E-state index contributed by atoms with van der Waals surface area (Å²) in [6.07, 6.45) is 3.66. The third kappa shape index (κ3) is 3.83. The highest BCUT2D eigenvalue weighted by Gasteiger charge is 2.24. The van der Waals surface area contributed by atoms with Gasteiger partial charge in [-0.1, -0.05) is 18.7 Å². The van der Waals surface area contributed by atoms with E-state index in [1.807, 2.05) is 19.2 Å². The number of hydrogen-bond donors (Lipinski definition) is 1. The molecule has 1 aliphatic rings. The number of fused-ring (bicyclic) bond motifs is 3. The lowest BCUT2D eigenvalue weighted by Crippen LogP contribution is -2.15. The van der Waals surface area contributed by atoms with Crippen molar-refractivity contribution in [1.29, 1.82) is 0 Å². The number of thioether (sulfide) groups is 1. The fraction of sp³-hybridized carbons (Fsp3) is 0.450. The molecule has 0 radical (unpaired) electrons. The Kier molecular flexibility index (Phi) is 5.24. The molecule has 1 N–H and O–H groups in total. The number of thiazole rings is 1. The lowest BCUT2D eigenvalue weighted by atomic mass is 9.89. The third-order valence-electron chi connectivity index (χ3n) is 5.29. The summed E-state index contributed by atoms with van der Waals surface area (Å²) in [6.45, 7) is 6.22. The van der Waals surface area contributed by atoms with Crippen molar-refractivity contribution in [2.75, 3.05) is 0 Å². The van der Waals surface area contributed by atoms with Gasteiger partial charge in [-0.2, -0.15) is 0 Å². The predicted molar refractivity (Wildman–Crippen MR) is 120 cm³/mol. The molecule has 4 aromatic heterocycles. The molecule has 0 saturated heterocycles. The number of aryl methyl sites for hydroxylation is 2. The summed E-state index contributed by atoms with van der Waals surface area (Å²) in [5.41, 5.74) is 2.09. The van der Waals surface area contributed by atoms with Gasteiger partial charge in [-0.25, -0.2) is 9.97 Å². The number of hydrogen-bond acceptors (Lipinski definition) is 9. The van der Waals surface area contributed by atoms with Crippen molar-refractivity contribution in [2.45, 2.75) is 56.9 Å². The van der Waals surface area contributed by atoms with Crippen LogP contribution in [0.4, 0.5) is 0 Å². The van der Waals surface area contributed by atoms with Crippen LogP contribution in [0.1, 0.15) is 58.4 Å². The van der Waals surface area contributed by atoms with Gasteiger partial charge in [0.15, 0.2) is 0 Å². The van der Waals surface area contributed by atoms with E-state index in [0.29, 0.717) is 29.3 Å². The van der Waals surface area contributed by atoms with Crippen LogP contribution in [-0.4, -0.2) is 25.1 Å². The van der Waals surface area contributed by atoms with E-state index in [0.717, 1.165) is 40.2 Å². The predicted octanol–water partition coefficient (Wildman–Crippen LogP) is 4.70. The van der Waals surface area contributed by atoms with Crippen molar-refractivity contribution in [2.24, 2.45) is 5.92 Å². The third-order valence-corrected chi connectivity index (χ3v) is 8.21. The number of nitrogens with one attached hydrogen (secondary N) is 1. The Morgan fingerprint density at radius 1 is 1.37 bits per heavy atom. The van der Waals surface area contributed by atoms with E-state index in [2.05, 4.69) is 27.1 Å². The number of H-pyrrole nitrogens is 1. The monoisotopic (exact) mass is 459 g/mol. The van der Waals surface area contributed by atoms with Crippen LogP contribution < -0.4 is 5.56 Å². The number of aromatic amines is 1. The number of aromatic nitrogens is 5. The van der Waals surface area contributed by atoms with Gasteiger partial charge in [0.25, 0.3) is 10.8 Å². The molecule has 10 heteroatoms. The first-order valence-corrected chi connectivity index (χ1v) is 12.5. The van der Waals surface area contributed by atoms with Crippen molar-refractivity contribution in [3.8, 4) is 0 Å². The van der Waals surface area contributed by atoms with Crippen molar-refractivity contribution in [3.63, 3.8) is 0 Å². The zero-order valence-corrected chi connectivity index (χ0v) is 19.3. The number of rotatable bonds is 5. The summed E-state index contributed by atoms with van der Waals surface area (Å²) in [5, 5.41) is 12.4. The molecule has 156 valence electrons. The smallest absolute Gasteiger partial charge is 0.277 e. The second kappa shape index (κ2) is 7.90. The fourth-order valence-corrected chi connectivity index (χ4v) is 6.53. The zero-order valence-electron chi connectivity index (χ0n) is 16.9. The molecular formula is C20H21N5O2S3. The van der Waals surface area contributed by atoms with E-state index in [-0.39, 0.29) is 10.8 Å². The van der Waals surface area contributed by atoms with Gasteiger partial charge in [-0.15, -0.1) is 32.9 Å². The summed E-state index contributed by atoms with van der Waals surface area (Å²) in [4.78, 5) is 27.2. The highest BCUT2D eigenvalue weighted by molar-refractivity contribution is 7.99. The van der Waals surface area contributed by atoms with Gasteiger partial charge in [-0.05, 0) is 44.6 Å². The van der Waals surface area contributed by atoms with Crippen LogP contribution in [0.15, 0.2) is 19.8 Å². The van der Waals surface area contributed by atoms with E-state index in [9.17, 15) is 4.79 Å². The summed E-state index contributed by atoms with van der Waals surface area (Å²) in [7, 11) is 0.